The Morgan fingerprint density at radius 1 is 1.47 bits per heavy atom. The van der Waals surface area contributed by atoms with E-state index in [-0.39, 0.29) is 6.61 Å². The number of aromatic nitrogens is 3. The third-order valence-electron chi connectivity index (χ3n) is 2.69. The maximum absolute atomic E-state index is 5.67. The van der Waals surface area contributed by atoms with E-state index in [1.165, 1.54) is 10.2 Å². The first-order valence-corrected chi connectivity index (χ1v) is 5.61. The van der Waals surface area contributed by atoms with Crippen LogP contribution in [-0.4, -0.2) is 14.9 Å². The van der Waals surface area contributed by atoms with Crippen LogP contribution in [0.3, 0.4) is 0 Å². The van der Waals surface area contributed by atoms with Gasteiger partial charge in [-0.05, 0) is 43.3 Å². The number of hydrogen-bond donors (Lipinski definition) is 2. The van der Waals surface area contributed by atoms with Gasteiger partial charge in [-0.25, -0.2) is 4.68 Å². The summed E-state index contributed by atoms with van der Waals surface area (Å²) in [4.78, 5) is 0. The summed E-state index contributed by atoms with van der Waals surface area (Å²) in [7, 11) is 0. The number of nitrogens with one attached hydrogen (secondary N) is 1. The van der Waals surface area contributed by atoms with Crippen LogP contribution in [0.2, 0.25) is 0 Å². The van der Waals surface area contributed by atoms with Gasteiger partial charge < -0.3 is 10.6 Å². The molecule has 1 aromatic carbocycles. The molecule has 0 amide bonds. The van der Waals surface area contributed by atoms with Crippen LogP contribution in [0.25, 0.3) is 0 Å². The van der Waals surface area contributed by atoms with E-state index < -0.39 is 0 Å². The zero-order valence-electron chi connectivity index (χ0n) is 9.73. The maximum Gasteiger partial charge on any atom is 0.214 e. The second-order valence-electron chi connectivity index (χ2n) is 3.80. The molecule has 1 aromatic heterocycles. The Morgan fingerprint density at radius 2 is 2.24 bits per heavy atom. The van der Waals surface area contributed by atoms with Crippen LogP contribution in [0.1, 0.15) is 17.0 Å². The Morgan fingerprint density at radius 3 is 2.88 bits per heavy atom. The van der Waals surface area contributed by atoms with Gasteiger partial charge >= 0.3 is 0 Å². The van der Waals surface area contributed by atoms with E-state index in [2.05, 4.69) is 10.2 Å². The van der Waals surface area contributed by atoms with E-state index in [1.807, 2.05) is 32.0 Å². The highest BCUT2D eigenvalue weighted by molar-refractivity contribution is 7.71. The summed E-state index contributed by atoms with van der Waals surface area (Å²) in [6.07, 6.45) is 0. The molecule has 0 aliphatic rings. The number of hydrogen-bond acceptors (Lipinski definition) is 4. The van der Waals surface area contributed by atoms with Gasteiger partial charge in [0.25, 0.3) is 0 Å². The molecule has 6 heteroatoms. The molecule has 5 nitrogen and oxygen atoms in total. The topological polar surface area (TPSA) is 68.9 Å². The summed E-state index contributed by atoms with van der Waals surface area (Å²) in [6.45, 7) is 4.35. The van der Waals surface area contributed by atoms with Crippen LogP contribution < -0.4 is 10.6 Å². The van der Waals surface area contributed by atoms with Crippen molar-refractivity contribution in [2.24, 2.45) is 0 Å². The lowest BCUT2D eigenvalue weighted by Crippen LogP contribution is -2.14. The molecule has 0 atom stereocenters. The molecular weight excluding hydrogens is 236 g/mol. The molecule has 2 rings (SSSR count). The van der Waals surface area contributed by atoms with Crippen LogP contribution in [0.15, 0.2) is 18.2 Å². The Kier molecular flexibility index (Phi) is 3.14. The highest BCUT2D eigenvalue weighted by atomic mass is 32.1. The molecule has 0 aliphatic carbocycles. The van der Waals surface area contributed by atoms with Crippen LogP contribution in [0, 0.1) is 18.6 Å². The van der Waals surface area contributed by atoms with Crippen molar-refractivity contribution >= 4 is 12.2 Å². The Hall–Kier alpha value is -1.82. The molecule has 2 aromatic rings. The molecule has 0 aliphatic heterocycles. The number of nitrogens with two attached hydrogens (primary N) is 1. The molecule has 90 valence electrons. The van der Waals surface area contributed by atoms with Crippen molar-refractivity contribution in [1.82, 2.24) is 14.9 Å². The number of benzene rings is 1. The van der Waals surface area contributed by atoms with Gasteiger partial charge in [-0.3, -0.25) is 5.10 Å². The van der Waals surface area contributed by atoms with E-state index in [0.29, 0.717) is 10.6 Å². The minimum absolute atomic E-state index is 0.286. The van der Waals surface area contributed by atoms with Crippen molar-refractivity contribution in [2.75, 3.05) is 5.84 Å². The molecule has 1 heterocycles. The van der Waals surface area contributed by atoms with Gasteiger partial charge in [0.1, 0.15) is 12.4 Å². The van der Waals surface area contributed by atoms with Gasteiger partial charge in [0.15, 0.2) is 5.82 Å². The number of rotatable bonds is 3. The fraction of sp³-hybridized carbons (Fsp3) is 0.273. The van der Waals surface area contributed by atoms with E-state index in [1.54, 1.807) is 0 Å². The van der Waals surface area contributed by atoms with Gasteiger partial charge in [-0.15, -0.1) is 0 Å². The molecule has 0 saturated heterocycles. The first kappa shape index (κ1) is 11.7. The largest absolute Gasteiger partial charge is 0.485 e. The lowest BCUT2D eigenvalue weighted by Gasteiger charge is -2.09. The quantitative estimate of drug-likeness (QED) is 0.644. The van der Waals surface area contributed by atoms with Gasteiger partial charge in [-0.2, -0.15) is 5.10 Å². The molecule has 3 N–H and O–H groups in total. The highest BCUT2D eigenvalue weighted by Gasteiger charge is 2.06. The van der Waals surface area contributed by atoms with Gasteiger partial charge in [0.05, 0.1) is 0 Å². The molecule has 0 radical (unpaired) electrons. The maximum atomic E-state index is 5.67. The summed E-state index contributed by atoms with van der Waals surface area (Å²) >= 11 is 4.92. The fourth-order valence-corrected chi connectivity index (χ4v) is 1.61. The molecule has 0 saturated carbocycles. The Balaban J connectivity index is 2.15. The zero-order valence-corrected chi connectivity index (χ0v) is 10.5. The lowest BCUT2D eigenvalue weighted by molar-refractivity contribution is 0.290. The second kappa shape index (κ2) is 4.58. The number of ether oxygens (including phenoxy) is 1. The Labute approximate surface area is 104 Å². The van der Waals surface area contributed by atoms with Crippen LogP contribution in [0.5, 0.6) is 5.75 Å². The minimum atomic E-state index is 0.286. The summed E-state index contributed by atoms with van der Waals surface area (Å²) in [5, 5.41) is 6.59. The van der Waals surface area contributed by atoms with Crippen LogP contribution >= 0.6 is 12.2 Å². The molecule has 0 unspecified atom stereocenters. The zero-order chi connectivity index (χ0) is 12.4. The number of aryl methyl sites for hydroxylation is 1. The number of nitrogen functional groups attached to an aromatic ring is 1. The summed E-state index contributed by atoms with van der Waals surface area (Å²) in [5.74, 6) is 7.07. The molecular formula is C11H14N4OS. The van der Waals surface area contributed by atoms with Crippen LogP contribution in [0.4, 0.5) is 0 Å². The Bertz CT molecular complexity index is 587. The summed E-state index contributed by atoms with van der Waals surface area (Å²) in [5.41, 5.74) is 2.30. The molecule has 0 spiro atoms. The van der Waals surface area contributed by atoms with E-state index in [4.69, 9.17) is 22.8 Å². The van der Waals surface area contributed by atoms with Crippen molar-refractivity contribution in [3.05, 3.63) is 39.9 Å². The van der Waals surface area contributed by atoms with Crippen molar-refractivity contribution in [3.8, 4) is 5.75 Å². The smallest absolute Gasteiger partial charge is 0.214 e. The third-order valence-corrected chi connectivity index (χ3v) is 2.98. The van der Waals surface area contributed by atoms with Crippen molar-refractivity contribution in [2.45, 2.75) is 20.5 Å². The summed E-state index contributed by atoms with van der Waals surface area (Å²) < 4.78 is 7.35. The van der Waals surface area contributed by atoms with Gasteiger partial charge in [-0.1, -0.05) is 12.1 Å². The second-order valence-corrected chi connectivity index (χ2v) is 4.19. The van der Waals surface area contributed by atoms with E-state index in [0.717, 1.165) is 11.3 Å². The normalized spacial score (nSPS) is 10.5. The SMILES string of the molecule is Cc1cccc(OCc2n[nH]c(=S)n2N)c1C. The third kappa shape index (κ3) is 2.31. The number of H-pyrrole nitrogens is 1. The predicted molar refractivity (Wildman–Crippen MR) is 67.8 cm³/mol. The molecule has 17 heavy (non-hydrogen) atoms. The van der Waals surface area contributed by atoms with Gasteiger partial charge in [0.2, 0.25) is 4.77 Å². The fourth-order valence-electron chi connectivity index (χ4n) is 1.46. The standard InChI is InChI=1S/C11H14N4OS/c1-7-4-3-5-9(8(7)2)16-6-10-13-14-11(17)15(10)12/h3-5H,6,12H2,1-2H3,(H,14,17). The average Bonchev–Trinajstić information content (AvgIpc) is 2.62. The molecule has 0 bridgehead atoms. The lowest BCUT2D eigenvalue weighted by atomic mass is 10.1. The first-order chi connectivity index (χ1) is 8.09. The minimum Gasteiger partial charge on any atom is -0.485 e. The monoisotopic (exact) mass is 250 g/mol. The van der Waals surface area contributed by atoms with Gasteiger partial charge in [0, 0.05) is 0 Å². The van der Waals surface area contributed by atoms with Crippen molar-refractivity contribution < 1.29 is 4.74 Å². The first-order valence-electron chi connectivity index (χ1n) is 5.20. The predicted octanol–water partition coefficient (Wildman–Crippen LogP) is 1.85. The van der Waals surface area contributed by atoms with E-state index >= 15 is 0 Å². The van der Waals surface area contributed by atoms with Crippen LogP contribution in [-0.2, 0) is 6.61 Å². The highest BCUT2D eigenvalue weighted by Crippen LogP contribution is 2.21. The van der Waals surface area contributed by atoms with Crippen molar-refractivity contribution in [1.29, 1.82) is 0 Å². The van der Waals surface area contributed by atoms with E-state index in [9.17, 15) is 0 Å². The number of nitrogens with zero attached hydrogens (tertiary/aromatic N) is 2. The summed E-state index contributed by atoms with van der Waals surface area (Å²) in [6, 6.07) is 5.92. The number of aromatic amines is 1. The average molecular weight is 250 g/mol. The molecule has 0 fully saturated rings. The van der Waals surface area contributed by atoms with Crippen molar-refractivity contribution in [3.63, 3.8) is 0 Å².